The molecule has 1 aromatic carbocycles. The van der Waals surface area contributed by atoms with Crippen molar-refractivity contribution in [2.24, 2.45) is 0 Å². The number of benzene rings is 1. The molecule has 0 heterocycles. The fraction of sp³-hybridized carbons (Fsp3) is 0.231. The lowest BCUT2D eigenvalue weighted by atomic mass is 10.0. The van der Waals surface area contributed by atoms with Crippen LogP contribution < -0.4 is 0 Å². The number of nitrogens with zero attached hydrogens (tertiary/aromatic N) is 1. The topological polar surface area (TPSA) is 57.6 Å². The Morgan fingerprint density at radius 1 is 1.29 bits per heavy atom. The molecule has 90 valence electrons. The Morgan fingerprint density at radius 2 is 1.94 bits per heavy atom. The van der Waals surface area contributed by atoms with E-state index in [-0.39, 0.29) is 5.91 Å². The Kier molecular flexibility index (Phi) is 4.04. The maximum absolute atomic E-state index is 11.7. The van der Waals surface area contributed by atoms with Gasteiger partial charge in [-0.1, -0.05) is 6.07 Å². The Hall–Kier alpha value is -2.10. The minimum Gasteiger partial charge on any atom is -0.478 e. The van der Waals surface area contributed by atoms with Crippen molar-refractivity contribution in [2.45, 2.75) is 6.92 Å². The molecule has 1 aromatic rings. The van der Waals surface area contributed by atoms with Crippen molar-refractivity contribution in [3.05, 3.63) is 41.0 Å². The lowest BCUT2D eigenvalue weighted by molar-refractivity contribution is -0.131. The van der Waals surface area contributed by atoms with Crippen LogP contribution in [0.2, 0.25) is 0 Å². The largest absolute Gasteiger partial charge is 0.478 e. The van der Waals surface area contributed by atoms with Crippen LogP contribution in [-0.4, -0.2) is 36.0 Å². The van der Waals surface area contributed by atoms with Gasteiger partial charge in [0.15, 0.2) is 0 Å². The molecule has 0 aliphatic carbocycles. The standard InChI is InChI=1S/C13H15NO3/c1-9-4-5-11(13(17)14(2)3)8-10(9)6-7-12(15)16/h4-8H,1-3H3,(H,15,16)/b7-6+. The number of carbonyl (C=O) groups excluding carboxylic acids is 1. The smallest absolute Gasteiger partial charge is 0.328 e. The Balaban J connectivity index is 3.10. The SMILES string of the molecule is Cc1ccc(C(=O)N(C)C)cc1/C=C/C(=O)O. The van der Waals surface area contributed by atoms with Crippen LogP contribution >= 0.6 is 0 Å². The summed E-state index contributed by atoms with van der Waals surface area (Å²) in [4.78, 5) is 23.7. The maximum atomic E-state index is 11.7. The second-order valence-electron chi connectivity index (χ2n) is 3.94. The van der Waals surface area contributed by atoms with Gasteiger partial charge in [-0.25, -0.2) is 4.79 Å². The third-order valence-corrected chi connectivity index (χ3v) is 2.34. The van der Waals surface area contributed by atoms with Gasteiger partial charge in [0.05, 0.1) is 0 Å². The molecule has 0 aromatic heterocycles. The van der Waals surface area contributed by atoms with E-state index in [0.717, 1.165) is 17.2 Å². The van der Waals surface area contributed by atoms with E-state index in [1.165, 1.54) is 11.0 Å². The fourth-order valence-corrected chi connectivity index (χ4v) is 1.37. The number of aryl methyl sites for hydroxylation is 1. The molecule has 0 unspecified atom stereocenters. The summed E-state index contributed by atoms with van der Waals surface area (Å²) in [6.45, 7) is 1.87. The first-order valence-corrected chi connectivity index (χ1v) is 5.15. The first kappa shape index (κ1) is 13.0. The molecule has 1 amide bonds. The van der Waals surface area contributed by atoms with Crippen LogP contribution in [0, 0.1) is 6.92 Å². The summed E-state index contributed by atoms with van der Waals surface area (Å²) in [5, 5.41) is 8.57. The van der Waals surface area contributed by atoms with Crippen LogP contribution in [0.25, 0.3) is 6.08 Å². The first-order chi connectivity index (χ1) is 7.91. The quantitative estimate of drug-likeness (QED) is 0.810. The van der Waals surface area contributed by atoms with E-state index < -0.39 is 5.97 Å². The third kappa shape index (κ3) is 3.45. The number of hydrogen-bond acceptors (Lipinski definition) is 2. The zero-order valence-electron chi connectivity index (χ0n) is 10.1. The van der Waals surface area contributed by atoms with Gasteiger partial charge in [-0.3, -0.25) is 4.79 Å². The summed E-state index contributed by atoms with van der Waals surface area (Å²) in [5.74, 6) is -1.11. The third-order valence-electron chi connectivity index (χ3n) is 2.34. The summed E-state index contributed by atoms with van der Waals surface area (Å²) < 4.78 is 0. The summed E-state index contributed by atoms with van der Waals surface area (Å²) in [6, 6.07) is 5.23. The highest BCUT2D eigenvalue weighted by Gasteiger charge is 2.08. The molecule has 4 heteroatoms. The van der Waals surface area contributed by atoms with E-state index in [4.69, 9.17) is 5.11 Å². The van der Waals surface area contributed by atoms with Crippen LogP contribution in [0.5, 0.6) is 0 Å². The predicted octanol–water partition coefficient (Wildman–Crippen LogP) is 1.79. The Labute approximate surface area is 100 Å². The predicted molar refractivity (Wildman–Crippen MR) is 65.9 cm³/mol. The lowest BCUT2D eigenvalue weighted by Gasteiger charge is -2.11. The second-order valence-corrected chi connectivity index (χ2v) is 3.94. The minimum atomic E-state index is -1.01. The van der Waals surface area contributed by atoms with Crippen LogP contribution in [0.3, 0.4) is 0 Å². The highest BCUT2D eigenvalue weighted by molar-refractivity contribution is 5.95. The summed E-state index contributed by atoms with van der Waals surface area (Å²) >= 11 is 0. The summed E-state index contributed by atoms with van der Waals surface area (Å²) in [5.41, 5.74) is 2.21. The van der Waals surface area contributed by atoms with Crippen molar-refractivity contribution >= 4 is 18.0 Å². The molecule has 1 rings (SSSR count). The number of carboxylic acid groups (broad SMARTS) is 1. The van der Waals surface area contributed by atoms with Crippen LogP contribution in [0.4, 0.5) is 0 Å². The first-order valence-electron chi connectivity index (χ1n) is 5.15. The molecule has 17 heavy (non-hydrogen) atoms. The number of hydrogen-bond donors (Lipinski definition) is 1. The maximum Gasteiger partial charge on any atom is 0.328 e. The van der Waals surface area contributed by atoms with Crippen molar-refractivity contribution in [2.75, 3.05) is 14.1 Å². The number of carbonyl (C=O) groups is 2. The molecular formula is C13H15NO3. The van der Waals surface area contributed by atoms with Crippen LogP contribution in [-0.2, 0) is 4.79 Å². The average Bonchev–Trinajstić information content (AvgIpc) is 2.26. The molecule has 0 saturated carbocycles. The highest BCUT2D eigenvalue weighted by atomic mass is 16.4. The Bertz CT molecular complexity index is 476. The van der Waals surface area contributed by atoms with E-state index >= 15 is 0 Å². The lowest BCUT2D eigenvalue weighted by Crippen LogP contribution is -2.21. The van der Waals surface area contributed by atoms with Crippen LogP contribution in [0.15, 0.2) is 24.3 Å². The minimum absolute atomic E-state index is 0.102. The number of aliphatic carboxylic acids is 1. The van der Waals surface area contributed by atoms with Gasteiger partial charge in [-0.15, -0.1) is 0 Å². The molecule has 0 fully saturated rings. The van der Waals surface area contributed by atoms with E-state index in [1.807, 2.05) is 6.92 Å². The van der Waals surface area contributed by atoms with E-state index in [0.29, 0.717) is 5.56 Å². The van der Waals surface area contributed by atoms with E-state index in [1.54, 1.807) is 32.3 Å². The summed E-state index contributed by atoms with van der Waals surface area (Å²) in [6.07, 6.45) is 2.55. The molecule has 0 atom stereocenters. The van der Waals surface area contributed by atoms with Gasteiger partial charge in [0, 0.05) is 25.7 Å². The molecule has 0 spiro atoms. The van der Waals surface area contributed by atoms with Gasteiger partial charge >= 0.3 is 5.97 Å². The van der Waals surface area contributed by atoms with Crippen molar-refractivity contribution in [1.29, 1.82) is 0 Å². The van der Waals surface area contributed by atoms with Crippen molar-refractivity contribution in [3.8, 4) is 0 Å². The molecule has 1 N–H and O–H groups in total. The van der Waals surface area contributed by atoms with Gasteiger partial charge < -0.3 is 10.0 Å². The van der Waals surface area contributed by atoms with Gasteiger partial charge in [0.25, 0.3) is 5.91 Å². The molecule has 0 aliphatic heterocycles. The zero-order valence-corrected chi connectivity index (χ0v) is 10.1. The number of rotatable bonds is 3. The molecule has 0 bridgehead atoms. The van der Waals surface area contributed by atoms with E-state index in [9.17, 15) is 9.59 Å². The van der Waals surface area contributed by atoms with Crippen LogP contribution in [0.1, 0.15) is 21.5 Å². The Morgan fingerprint density at radius 3 is 2.47 bits per heavy atom. The molecule has 0 aliphatic rings. The summed E-state index contributed by atoms with van der Waals surface area (Å²) in [7, 11) is 3.35. The molecular weight excluding hydrogens is 218 g/mol. The molecule has 0 radical (unpaired) electrons. The number of amides is 1. The average molecular weight is 233 g/mol. The van der Waals surface area contributed by atoms with Crippen molar-refractivity contribution in [1.82, 2.24) is 4.90 Å². The van der Waals surface area contributed by atoms with Crippen molar-refractivity contribution in [3.63, 3.8) is 0 Å². The van der Waals surface area contributed by atoms with E-state index in [2.05, 4.69) is 0 Å². The molecule has 4 nitrogen and oxygen atoms in total. The fourth-order valence-electron chi connectivity index (χ4n) is 1.37. The van der Waals surface area contributed by atoms with Gasteiger partial charge in [-0.2, -0.15) is 0 Å². The normalized spacial score (nSPS) is 10.5. The number of carboxylic acids is 1. The van der Waals surface area contributed by atoms with Gasteiger partial charge in [0.2, 0.25) is 0 Å². The van der Waals surface area contributed by atoms with Crippen molar-refractivity contribution < 1.29 is 14.7 Å². The highest BCUT2D eigenvalue weighted by Crippen LogP contribution is 2.14. The van der Waals surface area contributed by atoms with Gasteiger partial charge in [-0.05, 0) is 36.3 Å². The monoisotopic (exact) mass is 233 g/mol. The molecule has 0 saturated heterocycles. The zero-order chi connectivity index (χ0) is 13.0. The second kappa shape index (κ2) is 5.30. The van der Waals surface area contributed by atoms with Gasteiger partial charge in [0.1, 0.15) is 0 Å².